The minimum atomic E-state index is -0.267. The molecule has 3 aromatic rings. The fourth-order valence-electron chi connectivity index (χ4n) is 4.07. The molecule has 1 amide bonds. The van der Waals surface area contributed by atoms with Crippen LogP contribution in [0.5, 0.6) is 11.5 Å². The second-order valence-electron chi connectivity index (χ2n) is 9.08. The lowest BCUT2D eigenvalue weighted by atomic mass is 10.1. The number of nitrogens with one attached hydrogen (secondary N) is 1. The van der Waals surface area contributed by atoms with Crippen LogP contribution < -0.4 is 20.3 Å². The number of fused-ring (bicyclic) bond motifs is 1. The SMILES string of the molecule is COc1ccc(CCN2C(=O)/C(=C/c3c(NCCCOC(C)C)nc4ccccn4c3=O)SC2=S)cc1OC. The van der Waals surface area contributed by atoms with E-state index in [0.717, 1.165) is 12.0 Å². The van der Waals surface area contributed by atoms with Crippen LogP contribution in [0.2, 0.25) is 0 Å². The van der Waals surface area contributed by atoms with Gasteiger partial charge in [-0.15, -0.1) is 0 Å². The maximum absolute atomic E-state index is 13.4. The van der Waals surface area contributed by atoms with E-state index in [1.54, 1.807) is 43.5 Å². The molecule has 3 heterocycles. The molecule has 1 aliphatic rings. The van der Waals surface area contributed by atoms with Crippen molar-refractivity contribution in [2.24, 2.45) is 0 Å². The van der Waals surface area contributed by atoms with Gasteiger partial charge in [0.25, 0.3) is 11.5 Å². The van der Waals surface area contributed by atoms with Crippen molar-refractivity contribution in [2.75, 3.05) is 39.2 Å². The molecule has 4 rings (SSSR count). The van der Waals surface area contributed by atoms with Gasteiger partial charge in [-0.05, 0) is 62.6 Å². The first kappa shape index (κ1) is 28.6. The van der Waals surface area contributed by atoms with Crippen LogP contribution in [0.3, 0.4) is 0 Å². The highest BCUT2D eigenvalue weighted by atomic mass is 32.2. The summed E-state index contributed by atoms with van der Waals surface area (Å²) in [4.78, 5) is 33.4. The summed E-state index contributed by atoms with van der Waals surface area (Å²) in [5.41, 5.74) is 1.54. The molecule has 0 saturated carbocycles. The van der Waals surface area contributed by atoms with Gasteiger partial charge in [0.15, 0.2) is 11.5 Å². The number of hydrogen-bond donors (Lipinski definition) is 1. The van der Waals surface area contributed by atoms with Crippen LogP contribution in [-0.4, -0.2) is 64.5 Å². The molecule has 0 radical (unpaired) electrons. The lowest BCUT2D eigenvalue weighted by Crippen LogP contribution is -2.30. The first-order valence-corrected chi connectivity index (χ1v) is 13.9. The van der Waals surface area contributed by atoms with Crippen molar-refractivity contribution >= 4 is 51.7 Å². The largest absolute Gasteiger partial charge is 0.493 e. The fraction of sp³-hybridized carbons (Fsp3) is 0.357. The number of anilines is 1. The summed E-state index contributed by atoms with van der Waals surface area (Å²) in [7, 11) is 3.17. The summed E-state index contributed by atoms with van der Waals surface area (Å²) in [6.45, 7) is 5.52. The van der Waals surface area contributed by atoms with Crippen molar-refractivity contribution in [3.05, 3.63) is 69.0 Å². The lowest BCUT2D eigenvalue weighted by Gasteiger charge is -2.15. The molecule has 9 nitrogen and oxygen atoms in total. The number of carbonyl (C=O) groups is 1. The van der Waals surface area contributed by atoms with Gasteiger partial charge in [-0.3, -0.25) is 18.9 Å². The molecule has 1 N–H and O–H groups in total. The van der Waals surface area contributed by atoms with Gasteiger partial charge in [-0.2, -0.15) is 0 Å². The monoisotopic (exact) mass is 568 g/mol. The van der Waals surface area contributed by atoms with Crippen LogP contribution >= 0.6 is 24.0 Å². The Labute approximate surface area is 237 Å². The maximum Gasteiger partial charge on any atom is 0.267 e. The first-order valence-electron chi connectivity index (χ1n) is 12.7. The summed E-state index contributed by atoms with van der Waals surface area (Å²) in [6, 6.07) is 11.0. The number of carbonyl (C=O) groups excluding carboxylic acids is 1. The van der Waals surface area contributed by atoms with E-state index >= 15 is 0 Å². The average Bonchev–Trinajstić information content (AvgIpc) is 3.20. The first-order chi connectivity index (χ1) is 18.8. The number of methoxy groups -OCH3 is 2. The number of nitrogens with zero attached hydrogens (tertiary/aromatic N) is 3. The Kier molecular flexibility index (Phi) is 9.60. The Morgan fingerprint density at radius 3 is 2.67 bits per heavy atom. The third-order valence-corrected chi connectivity index (χ3v) is 7.43. The van der Waals surface area contributed by atoms with Crippen LogP contribution in [0.15, 0.2) is 52.3 Å². The number of thiocarbonyl (C=S) groups is 1. The molecule has 11 heteroatoms. The van der Waals surface area contributed by atoms with Crippen LogP contribution in [0, 0.1) is 0 Å². The zero-order valence-corrected chi connectivity index (χ0v) is 24.1. The Morgan fingerprint density at radius 2 is 1.92 bits per heavy atom. The zero-order valence-electron chi connectivity index (χ0n) is 22.4. The molecule has 0 unspecified atom stereocenters. The zero-order chi connectivity index (χ0) is 27.9. The van der Waals surface area contributed by atoms with Crippen molar-refractivity contribution in [1.29, 1.82) is 0 Å². The smallest absolute Gasteiger partial charge is 0.267 e. The Balaban J connectivity index is 1.55. The summed E-state index contributed by atoms with van der Waals surface area (Å²) in [5, 5.41) is 3.26. The highest BCUT2D eigenvalue weighted by Crippen LogP contribution is 2.34. The van der Waals surface area contributed by atoms with Crippen LogP contribution in [-0.2, 0) is 16.0 Å². The van der Waals surface area contributed by atoms with Gasteiger partial charge in [0.05, 0.1) is 30.8 Å². The van der Waals surface area contributed by atoms with Crippen LogP contribution in [0.1, 0.15) is 31.4 Å². The molecule has 1 saturated heterocycles. The molecule has 39 heavy (non-hydrogen) atoms. The number of ether oxygens (including phenoxy) is 3. The average molecular weight is 569 g/mol. The van der Waals surface area contributed by atoms with Gasteiger partial charge in [-0.1, -0.05) is 36.1 Å². The van der Waals surface area contributed by atoms with Crippen molar-refractivity contribution in [3.63, 3.8) is 0 Å². The Hall–Kier alpha value is -3.41. The molecule has 1 aromatic carbocycles. The molecule has 206 valence electrons. The topological polar surface area (TPSA) is 94.4 Å². The summed E-state index contributed by atoms with van der Waals surface area (Å²) in [5.74, 6) is 1.45. The highest BCUT2D eigenvalue weighted by molar-refractivity contribution is 8.26. The van der Waals surface area contributed by atoms with Crippen molar-refractivity contribution < 1.29 is 19.0 Å². The minimum Gasteiger partial charge on any atom is -0.493 e. The van der Waals surface area contributed by atoms with E-state index in [9.17, 15) is 9.59 Å². The second kappa shape index (κ2) is 13.1. The number of aromatic nitrogens is 2. The molecule has 0 aliphatic carbocycles. The standard InChI is InChI=1S/C28H32N4O5S2/c1-18(2)37-15-7-12-29-25-20(26(33)31-13-6-5-8-24(31)30-25)17-23-27(34)32(28(38)39-23)14-11-19-9-10-21(35-3)22(16-19)36-4/h5-6,8-10,13,16-18,29H,7,11-12,14-15H2,1-4H3/b23-17-. The van der Waals surface area contributed by atoms with E-state index in [4.69, 9.17) is 26.4 Å². The molecule has 1 fully saturated rings. The van der Waals surface area contributed by atoms with E-state index in [-0.39, 0.29) is 17.6 Å². The normalized spacial score (nSPS) is 14.6. The molecular weight excluding hydrogens is 536 g/mol. The number of rotatable bonds is 12. The molecular formula is C28H32N4O5S2. The Morgan fingerprint density at radius 1 is 1.13 bits per heavy atom. The van der Waals surface area contributed by atoms with Crippen molar-refractivity contribution in [1.82, 2.24) is 14.3 Å². The number of thioether (sulfide) groups is 1. The van der Waals surface area contributed by atoms with E-state index in [1.807, 2.05) is 38.1 Å². The number of benzene rings is 1. The third kappa shape index (κ3) is 6.78. The van der Waals surface area contributed by atoms with Gasteiger partial charge in [-0.25, -0.2) is 4.98 Å². The van der Waals surface area contributed by atoms with Crippen LogP contribution in [0.4, 0.5) is 5.82 Å². The number of hydrogen-bond acceptors (Lipinski definition) is 9. The van der Waals surface area contributed by atoms with Crippen molar-refractivity contribution in [2.45, 2.75) is 32.8 Å². The summed E-state index contributed by atoms with van der Waals surface area (Å²) >= 11 is 6.72. The molecule has 0 spiro atoms. The molecule has 2 aromatic heterocycles. The van der Waals surface area contributed by atoms with Gasteiger partial charge < -0.3 is 19.5 Å². The van der Waals surface area contributed by atoms with Gasteiger partial charge >= 0.3 is 0 Å². The van der Waals surface area contributed by atoms with Crippen LogP contribution in [0.25, 0.3) is 11.7 Å². The van der Waals surface area contributed by atoms with E-state index in [0.29, 0.717) is 63.9 Å². The van der Waals surface area contributed by atoms with E-state index in [1.165, 1.54) is 16.2 Å². The summed E-state index contributed by atoms with van der Waals surface area (Å²) in [6.07, 6.45) is 4.73. The van der Waals surface area contributed by atoms with Gasteiger partial charge in [0.1, 0.15) is 15.8 Å². The minimum absolute atomic E-state index is 0.151. The second-order valence-corrected chi connectivity index (χ2v) is 10.8. The molecule has 1 aliphatic heterocycles. The maximum atomic E-state index is 13.4. The lowest BCUT2D eigenvalue weighted by molar-refractivity contribution is -0.122. The van der Waals surface area contributed by atoms with Crippen molar-refractivity contribution in [3.8, 4) is 11.5 Å². The number of amides is 1. The quantitative estimate of drug-likeness (QED) is 0.194. The predicted molar refractivity (Wildman–Crippen MR) is 159 cm³/mol. The highest BCUT2D eigenvalue weighted by Gasteiger charge is 2.32. The molecule has 0 bridgehead atoms. The summed E-state index contributed by atoms with van der Waals surface area (Å²) < 4.78 is 18.2. The predicted octanol–water partition coefficient (Wildman–Crippen LogP) is 4.38. The molecule has 0 atom stereocenters. The third-order valence-electron chi connectivity index (χ3n) is 6.05. The van der Waals surface area contributed by atoms with Gasteiger partial charge in [0.2, 0.25) is 0 Å². The number of pyridine rings is 1. The van der Waals surface area contributed by atoms with E-state index < -0.39 is 0 Å². The fourth-order valence-corrected chi connectivity index (χ4v) is 5.36. The Bertz CT molecular complexity index is 1450. The van der Waals surface area contributed by atoms with Gasteiger partial charge in [0, 0.05) is 25.9 Å². The van der Waals surface area contributed by atoms with E-state index in [2.05, 4.69) is 10.3 Å².